The minimum absolute atomic E-state index is 0.111. The molecule has 1 N–H and O–H groups in total. The van der Waals surface area contributed by atoms with Crippen LogP contribution in [0.3, 0.4) is 0 Å². The van der Waals surface area contributed by atoms with Crippen molar-refractivity contribution in [2.75, 3.05) is 0 Å². The molecule has 4 heterocycles. The highest BCUT2D eigenvalue weighted by Crippen LogP contribution is 2.53. The lowest BCUT2D eigenvalue weighted by atomic mass is 9.94. The normalized spacial score (nSPS) is 20.4. The zero-order valence-electron chi connectivity index (χ0n) is 21.4. The molecule has 2 bridgehead atoms. The van der Waals surface area contributed by atoms with Crippen molar-refractivity contribution >= 4 is 16.9 Å². The first-order valence-electron chi connectivity index (χ1n) is 12.5. The smallest absolute Gasteiger partial charge is 0.387 e. The number of ether oxygens (including phenoxy) is 1. The number of aliphatic hydroxyl groups is 1. The van der Waals surface area contributed by atoms with Gasteiger partial charge in [0.05, 0.1) is 29.2 Å². The summed E-state index contributed by atoms with van der Waals surface area (Å²) >= 11 is 0. The molecule has 3 atom stereocenters. The van der Waals surface area contributed by atoms with Gasteiger partial charge in [-0.05, 0) is 50.1 Å². The number of imidazole rings is 1. The van der Waals surface area contributed by atoms with E-state index in [1.165, 1.54) is 6.92 Å². The second kappa shape index (κ2) is 8.56. The van der Waals surface area contributed by atoms with Crippen molar-refractivity contribution in [1.82, 2.24) is 24.4 Å². The monoisotopic (exact) mass is 519 g/mol. The van der Waals surface area contributed by atoms with E-state index in [-0.39, 0.29) is 29.8 Å². The lowest BCUT2D eigenvalue weighted by Crippen LogP contribution is -2.34. The number of hydrogen-bond donors (Lipinski definition) is 1. The van der Waals surface area contributed by atoms with Gasteiger partial charge in [-0.15, -0.1) is 0 Å². The van der Waals surface area contributed by atoms with E-state index >= 15 is 0 Å². The predicted octanol–water partition coefficient (Wildman–Crippen LogP) is 5.28. The highest BCUT2D eigenvalue weighted by atomic mass is 19.3. The van der Waals surface area contributed by atoms with Gasteiger partial charge in [0.2, 0.25) is 5.91 Å². The van der Waals surface area contributed by atoms with Crippen LogP contribution in [0.4, 0.5) is 8.78 Å². The van der Waals surface area contributed by atoms with Crippen LogP contribution in [0, 0.1) is 0 Å². The standard InChI is InChI=1S/C28H27F2N5O3/c1-14-18-6-5-7-23(38-27(29)30)24(18)21-11-22(34(14)15(2)36)25-33-19-9-8-16(10-20(19)35(21)25)17-12-31-26(32-13-17)28(3,4)37/h5-10,12-14,21-22,27,37H,11H2,1-4H3/t14-,21+,22+/m0/s1. The Balaban J connectivity index is 1.55. The Labute approximate surface area is 217 Å². The van der Waals surface area contributed by atoms with Gasteiger partial charge < -0.3 is 19.3 Å². The summed E-state index contributed by atoms with van der Waals surface area (Å²) in [6, 6.07) is 9.91. The van der Waals surface area contributed by atoms with E-state index in [2.05, 4.69) is 14.5 Å². The van der Waals surface area contributed by atoms with Gasteiger partial charge in [0.15, 0.2) is 5.82 Å². The number of fused-ring (bicyclic) bond motifs is 9. The van der Waals surface area contributed by atoms with E-state index in [4.69, 9.17) is 9.72 Å². The van der Waals surface area contributed by atoms with Gasteiger partial charge in [-0.25, -0.2) is 15.0 Å². The average Bonchev–Trinajstić information content (AvgIpc) is 3.36. The Kier molecular flexibility index (Phi) is 5.50. The Morgan fingerprint density at radius 3 is 2.53 bits per heavy atom. The number of benzene rings is 2. The molecular formula is C28H27F2N5O3. The van der Waals surface area contributed by atoms with Crippen LogP contribution < -0.4 is 4.74 Å². The summed E-state index contributed by atoms with van der Waals surface area (Å²) in [6.45, 7) is 3.71. The number of amides is 1. The molecule has 0 spiro atoms. The van der Waals surface area contributed by atoms with Crippen molar-refractivity contribution in [3.05, 3.63) is 71.6 Å². The molecule has 2 aromatic carbocycles. The molecule has 8 nitrogen and oxygen atoms in total. The molecule has 2 aromatic heterocycles. The largest absolute Gasteiger partial charge is 0.434 e. The first-order valence-corrected chi connectivity index (χ1v) is 12.5. The van der Waals surface area contributed by atoms with Gasteiger partial charge in [0.25, 0.3) is 0 Å². The molecule has 0 saturated carbocycles. The van der Waals surface area contributed by atoms with Gasteiger partial charge in [-0.2, -0.15) is 8.78 Å². The molecule has 0 fully saturated rings. The molecule has 0 aliphatic carbocycles. The fourth-order valence-corrected chi connectivity index (χ4v) is 5.95. The summed E-state index contributed by atoms with van der Waals surface area (Å²) in [6.07, 6.45) is 3.83. The molecule has 6 rings (SSSR count). The molecule has 2 aliphatic rings. The maximum absolute atomic E-state index is 13.4. The second-order valence-corrected chi connectivity index (χ2v) is 10.4. The van der Waals surface area contributed by atoms with E-state index in [9.17, 15) is 18.7 Å². The van der Waals surface area contributed by atoms with Gasteiger partial charge in [-0.1, -0.05) is 18.2 Å². The highest BCUT2D eigenvalue weighted by Gasteiger charge is 2.46. The third kappa shape index (κ3) is 3.74. The first-order chi connectivity index (χ1) is 18.0. The molecule has 0 saturated heterocycles. The SMILES string of the molecule is CC(=O)N1[C@@H]2C[C@H](c3c(OC(F)F)cccc3[C@@H]1C)n1c2nc2ccc(-c3cnc(C(C)(C)O)nc3)cc21. The Morgan fingerprint density at radius 2 is 1.87 bits per heavy atom. The summed E-state index contributed by atoms with van der Waals surface area (Å²) in [5.74, 6) is 1.04. The molecule has 196 valence electrons. The van der Waals surface area contributed by atoms with E-state index in [0.717, 1.165) is 33.5 Å². The molecule has 0 radical (unpaired) electrons. The van der Waals surface area contributed by atoms with Crippen molar-refractivity contribution in [2.24, 2.45) is 0 Å². The molecule has 1 amide bonds. The average molecular weight is 520 g/mol. The Hall–Kier alpha value is -3.92. The van der Waals surface area contributed by atoms with Crippen LogP contribution in [-0.4, -0.2) is 42.0 Å². The maximum Gasteiger partial charge on any atom is 0.387 e. The van der Waals surface area contributed by atoms with E-state index in [1.54, 1.807) is 43.3 Å². The van der Waals surface area contributed by atoms with Gasteiger partial charge in [0.1, 0.15) is 17.2 Å². The maximum atomic E-state index is 13.4. The van der Waals surface area contributed by atoms with E-state index < -0.39 is 12.2 Å². The second-order valence-electron chi connectivity index (χ2n) is 10.4. The number of halogens is 2. The third-order valence-electron chi connectivity index (χ3n) is 7.52. The number of carbonyl (C=O) groups is 1. The van der Waals surface area contributed by atoms with Crippen LogP contribution in [-0.2, 0) is 10.4 Å². The topological polar surface area (TPSA) is 93.4 Å². The van der Waals surface area contributed by atoms with Crippen molar-refractivity contribution in [3.8, 4) is 16.9 Å². The predicted molar refractivity (Wildman–Crippen MR) is 136 cm³/mol. The van der Waals surface area contributed by atoms with Crippen molar-refractivity contribution in [3.63, 3.8) is 0 Å². The number of aromatic nitrogens is 4. The Bertz CT molecular complexity index is 1560. The van der Waals surface area contributed by atoms with Crippen molar-refractivity contribution in [2.45, 2.75) is 64.5 Å². The van der Waals surface area contributed by atoms with Gasteiger partial charge in [-0.3, -0.25) is 4.79 Å². The first kappa shape index (κ1) is 24.4. The quantitative estimate of drug-likeness (QED) is 0.394. The Morgan fingerprint density at radius 1 is 1.13 bits per heavy atom. The van der Waals surface area contributed by atoms with E-state index in [1.807, 2.05) is 31.2 Å². The van der Waals surface area contributed by atoms with Crippen molar-refractivity contribution in [1.29, 1.82) is 0 Å². The highest BCUT2D eigenvalue weighted by molar-refractivity contribution is 5.84. The summed E-state index contributed by atoms with van der Waals surface area (Å²) in [5, 5.41) is 10.2. The lowest BCUT2D eigenvalue weighted by molar-refractivity contribution is -0.133. The lowest BCUT2D eigenvalue weighted by Gasteiger charge is -2.33. The van der Waals surface area contributed by atoms with Crippen LogP contribution >= 0.6 is 0 Å². The van der Waals surface area contributed by atoms with Crippen LogP contribution in [0.5, 0.6) is 5.75 Å². The zero-order chi connectivity index (χ0) is 26.9. The third-order valence-corrected chi connectivity index (χ3v) is 7.52. The van der Waals surface area contributed by atoms with E-state index in [0.29, 0.717) is 17.8 Å². The fraction of sp³-hybridized carbons (Fsp3) is 0.357. The number of hydrogen-bond acceptors (Lipinski definition) is 6. The number of nitrogens with zero attached hydrogens (tertiary/aromatic N) is 5. The fourth-order valence-electron chi connectivity index (χ4n) is 5.95. The summed E-state index contributed by atoms with van der Waals surface area (Å²) in [5.41, 5.74) is 3.42. The van der Waals surface area contributed by atoms with Crippen LogP contribution in [0.15, 0.2) is 48.8 Å². The molecule has 10 heteroatoms. The number of rotatable bonds is 4. The molecule has 38 heavy (non-hydrogen) atoms. The summed E-state index contributed by atoms with van der Waals surface area (Å²) in [7, 11) is 0. The van der Waals surface area contributed by atoms with Crippen LogP contribution in [0.25, 0.3) is 22.2 Å². The number of carbonyl (C=O) groups excluding carboxylic acids is 1. The molecule has 2 aliphatic heterocycles. The molecule has 4 aromatic rings. The van der Waals surface area contributed by atoms with Crippen molar-refractivity contribution < 1.29 is 23.4 Å². The van der Waals surface area contributed by atoms with Crippen LogP contribution in [0.1, 0.15) is 75.0 Å². The van der Waals surface area contributed by atoms with Gasteiger partial charge in [0, 0.05) is 36.9 Å². The van der Waals surface area contributed by atoms with Crippen LogP contribution in [0.2, 0.25) is 0 Å². The zero-order valence-corrected chi connectivity index (χ0v) is 21.4. The summed E-state index contributed by atoms with van der Waals surface area (Å²) < 4.78 is 33.9. The molecule has 0 unspecified atom stereocenters. The number of alkyl halides is 2. The molecular weight excluding hydrogens is 492 g/mol. The minimum atomic E-state index is -2.97. The summed E-state index contributed by atoms with van der Waals surface area (Å²) in [4.78, 5) is 28.2. The van der Waals surface area contributed by atoms with Gasteiger partial charge >= 0.3 is 6.61 Å². The minimum Gasteiger partial charge on any atom is -0.434 e.